The molecule has 1 aliphatic heterocycles. The summed E-state index contributed by atoms with van der Waals surface area (Å²) in [6.45, 7) is 3.12. The van der Waals surface area contributed by atoms with Crippen LogP contribution < -0.4 is 10.3 Å². The molecule has 2 aliphatic rings. The molecule has 29 heavy (non-hydrogen) atoms. The molecule has 4 rings (SSSR count). The Kier molecular flexibility index (Phi) is 5.43. The van der Waals surface area contributed by atoms with Crippen molar-refractivity contribution in [3.63, 3.8) is 0 Å². The van der Waals surface area contributed by atoms with Crippen LogP contribution in [0, 0.1) is 6.92 Å². The number of aryl methyl sites for hydroxylation is 1. The minimum Gasteiger partial charge on any atom is -0.488 e. The standard InChI is InChI=1S/C23H27ClN2O3/c1-16-13-20(14-21(27)25(16)2)29-19-9-12-26(15-19)22(28)23(10-3-4-11-23)17-5-7-18(24)8-6-17/h5-8,13-14,19H,3-4,9-12,15H2,1-2H3. The topological polar surface area (TPSA) is 51.5 Å². The zero-order valence-electron chi connectivity index (χ0n) is 17.0. The number of nitrogens with zero attached hydrogens (tertiary/aromatic N) is 2. The van der Waals surface area contributed by atoms with E-state index >= 15 is 0 Å². The first-order chi connectivity index (χ1) is 13.9. The van der Waals surface area contributed by atoms with Gasteiger partial charge in [-0.1, -0.05) is 36.6 Å². The Morgan fingerprint density at radius 2 is 1.86 bits per heavy atom. The van der Waals surface area contributed by atoms with E-state index in [9.17, 15) is 9.59 Å². The van der Waals surface area contributed by atoms with E-state index in [2.05, 4.69) is 0 Å². The van der Waals surface area contributed by atoms with Crippen LogP contribution in [-0.2, 0) is 17.3 Å². The van der Waals surface area contributed by atoms with Crippen LogP contribution in [0.2, 0.25) is 5.02 Å². The van der Waals surface area contributed by atoms with Gasteiger partial charge in [0.2, 0.25) is 5.91 Å². The van der Waals surface area contributed by atoms with E-state index in [1.165, 1.54) is 6.07 Å². The first-order valence-electron chi connectivity index (χ1n) is 10.3. The molecular formula is C23H27ClN2O3. The number of pyridine rings is 1. The molecule has 0 bridgehead atoms. The minimum atomic E-state index is -0.446. The average Bonchev–Trinajstić information content (AvgIpc) is 3.36. The lowest BCUT2D eigenvalue weighted by molar-refractivity contribution is -0.136. The van der Waals surface area contributed by atoms with Crippen molar-refractivity contribution >= 4 is 17.5 Å². The summed E-state index contributed by atoms with van der Waals surface area (Å²) in [5, 5.41) is 0.688. The summed E-state index contributed by atoms with van der Waals surface area (Å²) in [6.07, 6.45) is 4.57. The largest absolute Gasteiger partial charge is 0.488 e. The van der Waals surface area contributed by atoms with E-state index in [4.69, 9.17) is 16.3 Å². The van der Waals surface area contributed by atoms with Gasteiger partial charge in [0, 0.05) is 36.8 Å². The highest BCUT2D eigenvalue weighted by atomic mass is 35.5. The summed E-state index contributed by atoms with van der Waals surface area (Å²) in [6, 6.07) is 11.1. The van der Waals surface area contributed by atoms with E-state index in [-0.39, 0.29) is 17.6 Å². The molecule has 2 fully saturated rings. The van der Waals surface area contributed by atoms with Crippen molar-refractivity contribution in [3.8, 4) is 5.75 Å². The number of halogens is 1. The maximum atomic E-state index is 13.6. The molecule has 5 nitrogen and oxygen atoms in total. The van der Waals surface area contributed by atoms with Gasteiger partial charge in [0.25, 0.3) is 5.56 Å². The minimum absolute atomic E-state index is 0.0847. The Labute approximate surface area is 176 Å². The molecule has 1 unspecified atom stereocenters. The van der Waals surface area contributed by atoms with Crippen molar-refractivity contribution in [2.45, 2.75) is 50.5 Å². The fourth-order valence-electron chi connectivity index (χ4n) is 4.68. The van der Waals surface area contributed by atoms with Gasteiger partial charge in [-0.05, 0) is 43.5 Å². The summed E-state index contributed by atoms with van der Waals surface area (Å²) in [7, 11) is 1.75. The maximum absolute atomic E-state index is 13.6. The van der Waals surface area contributed by atoms with Gasteiger partial charge in [-0.15, -0.1) is 0 Å². The third-order valence-electron chi connectivity index (χ3n) is 6.47. The van der Waals surface area contributed by atoms with Gasteiger partial charge in [0.15, 0.2) is 0 Å². The monoisotopic (exact) mass is 414 g/mol. The number of carbonyl (C=O) groups is 1. The average molecular weight is 415 g/mol. The summed E-state index contributed by atoms with van der Waals surface area (Å²) in [5.41, 5.74) is 1.39. The molecule has 1 saturated heterocycles. The predicted molar refractivity (Wildman–Crippen MR) is 114 cm³/mol. The van der Waals surface area contributed by atoms with Crippen LogP contribution in [0.3, 0.4) is 0 Å². The van der Waals surface area contributed by atoms with E-state index < -0.39 is 5.41 Å². The summed E-state index contributed by atoms with van der Waals surface area (Å²) in [5.74, 6) is 0.779. The number of ether oxygens (including phenoxy) is 1. The molecule has 0 radical (unpaired) electrons. The number of carbonyl (C=O) groups excluding carboxylic acids is 1. The van der Waals surface area contributed by atoms with Gasteiger partial charge in [0.05, 0.1) is 12.0 Å². The second kappa shape index (κ2) is 7.86. The molecule has 154 valence electrons. The van der Waals surface area contributed by atoms with Crippen LogP contribution in [0.4, 0.5) is 0 Å². The molecule has 1 saturated carbocycles. The maximum Gasteiger partial charge on any atom is 0.254 e. The SMILES string of the molecule is Cc1cc(OC2CCN(C(=O)C3(c4ccc(Cl)cc4)CCCC3)C2)cc(=O)n1C. The summed E-state index contributed by atoms with van der Waals surface area (Å²) < 4.78 is 7.66. The molecule has 1 atom stereocenters. The third-order valence-corrected chi connectivity index (χ3v) is 6.73. The number of hydrogen-bond donors (Lipinski definition) is 0. The number of hydrogen-bond acceptors (Lipinski definition) is 3. The van der Waals surface area contributed by atoms with Crippen molar-refractivity contribution in [1.29, 1.82) is 0 Å². The Bertz CT molecular complexity index is 961. The molecular weight excluding hydrogens is 388 g/mol. The summed E-state index contributed by atoms with van der Waals surface area (Å²) >= 11 is 6.06. The van der Waals surface area contributed by atoms with E-state index in [0.29, 0.717) is 23.9 Å². The lowest BCUT2D eigenvalue weighted by Crippen LogP contribution is -2.45. The first-order valence-corrected chi connectivity index (χ1v) is 10.7. The Morgan fingerprint density at radius 3 is 2.52 bits per heavy atom. The number of benzene rings is 1. The van der Waals surface area contributed by atoms with E-state index in [0.717, 1.165) is 43.4 Å². The molecule has 0 spiro atoms. The van der Waals surface area contributed by atoms with Crippen LogP contribution >= 0.6 is 11.6 Å². The second-order valence-corrected chi connectivity index (χ2v) is 8.74. The van der Waals surface area contributed by atoms with Crippen molar-refractivity contribution in [1.82, 2.24) is 9.47 Å². The fraction of sp³-hybridized carbons (Fsp3) is 0.478. The summed E-state index contributed by atoms with van der Waals surface area (Å²) in [4.78, 5) is 27.5. The Morgan fingerprint density at radius 1 is 1.17 bits per heavy atom. The Balaban J connectivity index is 1.50. The van der Waals surface area contributed by atoms with Crippen LogP contribution in [-0.4, -0.2) is 34.6 Å². The molecule has 1 aromatic heterocycles. The zero-order valence-corrected chi connectivity index (χ0v) is 17.7. The smallest absolute Gasteiger partial charge is 0.254 e. The van der Waals surface area contributed by atoms with Gasteiger partial charge in [-0.25, -0.2) is 0 Å². The highest BCUT2D eigenvalue weighted by molar-refractivity contribution is 6.30. The van der Waals surface area contributed by atoms with Crippen LogP contribution in [0.1, 0.15) is 43.4 Å². The van der Waals surface area contributed by atoms with Gasteiger partial charge in [-0.3, -0.25) is 9.59 Å². The fourth-order valence-corrected chi connectivity index (χ4v) is 4.81. The normalized spacial score (nSPS) is 20.8. The number of rotatable bonds is 4. The molecule has 1 aliphatic carbocycles. The number of aromatic nitrogens is 1. The van der Waals surface area contributed by atoms with Gasteiger partial charge in [-0.2, -0.15) is 0 Å². The highest BCUT2D eigenvalue weighted by Crippen LogP contribution is 2.43. The molecule has 1 aromatic carbocycles. The zero-order chi connectivity index (χ0) is 20.6. The van der Waals surface area contributed by atoms with Crippen molar-refractivity contribution in [2.75, 3.05) is 13.1 Å². The first kappa shape index (κ1) is 20.0. The molecule has 1 amide bonds. The van der Waals surface area contributed by atoms with E-state index in [1.807, 2.05) is 42.2 Å². The van der Waals surface area contributed by atoms with Crippen molar-refractivity contribution in [2.24, 2.45) is 7.05 Å². The molecule has 0 N–H and O–H groups in total. The van der Waals surface area contributed by atoms with Crippen LogP contribution in [0.5, 0.6) is 5.75 Å². The van der Waals surface area contributed by atoms with E-state index in [1.54, 1.807) is 11.6 Å². The highest BCUT2D eigenvalue weighted by Gasteiger charge is 2.46. The molecule has 2 heterocycles. The van der Waals surface area contributed by atoms with Crippen molar-refractivity contribution in [3.05, 3.63) is 63.0 Å². The third kappa shape index (κ3) is 3.80. The second-order valence-electron chi connectivity index (χ2n) is 8.31. The number of amides is 1. The van der Waals surface area contributed by atoms with Gasteiger partial charge in [0.1, 0.15) is 11.9 Å². The van der Waals surface area contributed by atoms with Crippen LogP contribution in [0.15, 0.2) is 41.2 Å². The lowest BCUT2D eigenvalue weighted by Gasteiger charge is -2.33. The molecule has 2 aromatic rings. The lowest BCUT2D eigenvalue weighted by atomic mass is 9.77. The van der Waals surface area contributed by atoms with Crippen molar-refractivity contribution < 1.29 is 9.53 Å². The number of likely N-dealkylation sites (tertiary alicyclic amines) is 1. The Hall–Kier alpha value is -2.27. The predicted octanol–water partition coefficient (Wildman–Crippen LogP) is 3.84. The quantitative estimate of drug-likeness (QED) is 0.763. The van der Waals surface area contributed by atoms with Gasteiger partial charge < -0.3 is 14.2 Å². The molecule has 6 heteroatoms. The van der Waals surface area contributed by atoms with Gasteiger partial charge >= 0.3 is 0 Å². The van der Waals surface area contributed by atoms with Crippen LogP contribution in [0.25, 0.3) is 0 Å².